The fraction of sp³-hybridized carbons (Fsp3) is 0.200. The molecule has 94 valence electrons. The maximum absolute atomic E-state index is 5.86. The highest BCUT2D eigenvalue weighted by molar-refractivity contribution is 6.17. The van der Waals surface area contributed by atoms with E-state index in [0.29, 0.717) is 12.5 Å². The lowest BCUT2D eigenvalue weighted by molar-refractivity contribution is 0.303. The summed E-state index contributed by atoms with van der Waals surface area (Å²) in [5, 5.41) is 0. The van der Waals surface area contributed by atoms with Crippen molar-refractivity contribution >= 4 is 11.6 Å². The molecule has 0 heterocycles. The number of halogens is 1. The van der Waals surface area contributed by atoms with Crippen LogP contribution in [-0.2, 0) is 12.5 Å². The smallest absolute Gasteiger partial charge is 0.124 e. The minimum absolute atomic E-state index is 0.457. The van der Waals surface area contributed by atoms with Crippen molar-refractivity contribution in [1.29, 1.82) is 0 Å². The number of alkyl halides is 1. The van der Waals surface area contributed by atoms with Gasteiger partial charge in [0.15, 0.2) is 0 Å². The van der Waals surface area contributed by atoms with Gasteiger partial charge in [0.25, 0.3) is 0 Å². The number of methoxy groups -OCH3 is 1. The van der Waals surface area contributed by atoms with Gasteiger partial charge in [-0.15, -0.1) is 11.6 Å². The van der Waals surface area contributed by atoms with E-state index < -0.39 is 0 Å². The van der Waals surface area contributed by atoms with Gasteiger partial charge in [0, 0.05) is 5.56 Å². The molecule has 3 heteroatoms. The van der Waals surface area contributed by atoms with Crippen LogP contribution in [-0.4, -0.2) is 7.11 Å². The van der Waals surface area contributed by atoms with E-state index in [2.05, 4.69) is 0 Å². The Labute approximate surface area is 112 Å². The molecular weight excluding hydrogens is 248 g/mol. The molecule has 0 saturated carbocycles. The summed E-state index contributed by atoms with van der Waals surface area (Å²) in [5.74, 6) is 2.14. The topological polar surface area (TPSA) is 18.5 Å². The molecule has 0 aromatic heterocycles. The van der Waals surface area contributed by atoms with E-state index in [-0.39, 0.29) is 0 Å². The lowest BCUT2D eigenvalue weighted by Gasteiger charge is -2.10. The Morgan fingerprint density at radius 3 is 2.39 bits per heavy atom. The monoisotopic (exact) mass is 262 g/mol. The Kier molecular flexibility index (Phi) is 4.48. The van der Waals surface area contributed by atoms with Gasteiger partial charge in [-0.05, 0) is 23.8 Å². The van der Waals surface area contributed by atoms with E-state index in [1.54, 1.807) is 7.11 Å². The first kappa shape index (κ1) is 12.8. The Hall–Kier alpha value is -1.67. The van der Waals surface area contributed by atoms with Crippen molar-refractivity contribution in [2.24, 2.45) is 0 Å². The molecule has 0 N–H and O–H groups in total. The van der Waals surface area contributed by atoms with E-state index in [4.69, 9.17) is 21.1 Å². The predicted octanol–water partition coefficient (Wildman–Crippen LogP) is 4.01. The maximum Gasteiger partial charge on any atom is 0.124 e. The van der Waals surface area contributed by atoms with Crippen molar-refractivity contribution in [2.45, 2.75) is 12.5 Å². The molecule has 0 saturated heterocycles. The minimum atomic E-state index is 0.457. The molecule has 0 bridgehead atoms. The molecule has 0 unspecified atom stereocenters. The van der Waals surface area contributed by atoms with Gasteiger partial charge in [-0.1, -0.05) is 30.3 Å². The molecule has 2 aromatic carbocycles. The molecule has 0 spiro atoms. The average molecular weight is 263 g/mol. The van der Waals surface area contributed by atoms with Crippen molar-refractivity contribution in [1.82, 2.24) is 0 Å². The third-order valence-corrected chi connectivity index (χ3v) is 2.96. The largest absolute Gasteiger partial charge is 0.497 e. The van der Waals surface area contributed by atoms with Gasteiger partial charge in [-0.25, -0.2) is 0 Å². The highest BCUT2D eigenvalue weighted by Gasteiger charge is 2.02. The van der Waals surface area contributed by atoms with Crippen LogP contribution < -0.4 is 9.47 Å². The molecule has 2 aromatic rings. The lowest BCUT2D eigenvalue weighted by Crippen LogP contribution is -1.97. The third kappa shape index (κ3) is 3.17. The van der Waals surface area contributed by atoms with Crippen molar-refractivity contribution in [3.8, 4) is 11.5 Å². The van der Waals surface area contributed by atoms with Crippen molar-refractivity contribution < 1.29 is 9.47 Å². The minimum Gasteiger partial charge on any atom is -0.497 e. The second-order valence-corrected chi connectivity index (χ2v) is 4.15. The molecule has 0 aliphatic carbocycles. The van der Waals surface area contributed by atoms with E-state index in [0.717, 1.165) is 22.6 Å². The van der Waals surface area contributed by atoms with Gasteiger partial charge in [-0.2, -0.15) is 0 Å². The van der Waals surface area contributed by atoms with Gasteiger partial charge in [-0.3, -0.25) is 0 Å². The van der Waals surface area contributed by atoms with Crippen LogP contribution in [0.3, 0.4) is 0 Å². The molecule has 0 atom stereocenters. The molecule has 0 amide bonds. The normalized spacial score (nSPS) is 10.1. The number of hydrogen-bond donors (Lipinski definition) is 0. The van der Waals surface area contributed by atoms with Crippen LogP contribution in [0.2, 0.25) is 0 Å². The van der Waals surface area contributed by atoms with Crippen molar-refractivity contribution in [3.05, 3.63) is 59.7 Å². The number of para-hydroxylation sites is 1. The quantitative estimate of drug-likeness (QED) is 0.758. The van der Waals surface area contributed by atoms with E-state index in [9.17, 15) is 0 Å². The Morgan fingerprint density at radius 1 is 1.00 bits per heavy atom. The number of hydrogen-bond acceptors (Lipinski definition) is 2. The summed E-state index contributed by atoms with van der Waals surface area (Å²) in [6.07, 6.45) is 0. The first-order valence-electron chi connectivity index (χ1n) is 5.73. The van der Waals surface area contributed by atoms with Crippen LogP contribution >= 0.6 is 11.6 Å². The summed E-state index contributed by atoms with van der Waals surface area (Å²) in [6, 6.07) is 15.6. The second kappa shape index (κ2) is 6.31. The summed E-state index contributed by atoms with van der Waals surface area (Å²) in [7, 11) is 1.65. The van der Waals surface area contributed by atoms with Gasteiger partial charge in [0.1, 0.15) is 18.1 Å². The Bertz CT molecular complexity index is 494. The van der Waals surface area contributed by atoms with Gasteiger partial charge >= 0.3 is 0 Å². The second-order valence-electron chi connectivity index (χ2n) is 3.88. The van der Waals surface area contributed by atoms with E-state index >= 15 is 0 Å². The van der Waals surface area contributed by atoms with Crippen LogP contribution in [0.15, 0.2) is 48.5 Å². The predicted molar refractivity (Wildman–Crippen MR) is 73.3 cm³/mol. The van der Waals surface area contributed by atoms with E-state index in [1.807, 2.05) is 48.5 Å². The summed E-state index contributed by atoms with van der Waals surface area (Å²) in [6.45, 7) is 0.526. The molecule has 0 fully saturated rings. The molecular formula is C15H15ClO2. The lowest BCUT2D eigenvalue weighted by atomic mass is 10.2. The van der Waals surface area contributed by atoms with Gasteiger partial charge < -0.3 is 9.47 Å². The van der Waals surface area contributed by atoms with E-state index in [1.165, 1.54) is 0 Å². The van der Waals surface area contributed by atoms with Crippen LogP contribution in [0.1, 0.15) is 11.1 Å². The fourth-order valence-electron chi connectivity index (χ4n) is 1.64. The Morgan fingerprint density at radius 2 is 1.72 bits per heavy atom. The van der Waals surface area contributed by atoms with Crippen molar-refractivity contribution in [2.75, 3.05) is 7.11 Å². The van der Waals surface area contributed by atoms with Crippen LogP contribution in [0.5, 0.6) is 11.5 Å². The summed E-state index contributed by atoms with van der Waals surface area (Å²) in [5.41, 5.74) is 2.10. The number of rotatable bonds is 5. The standard InChI is InChI=1S/C15H15ClO2/c1-17-14-8-6-12(7-9-14)11-18-15-5-3-2-4-13(15)10-16/h2-9H,10-11H2,1H3. The molecule has 0 aliphatic rings. The highest BCUT2D eigenvalue weighted by atomic mass is 35.5. The zero-order valence-electron chi connectivity index (χ0n) is 10.2. The summed E-state index contributed by atoms with van der Waals surface area (Å²) in [4.78, 5) is 0. The third-order valence-electron chi connectivity index (χ3n) is 2.67. The number of ether oxygens (including phenoxy) is 2. The maximum atomic E-state index is 5.86. The van der Waals surface area contributed by atoms with Gasteiger partial charge in [0.05, 0.1) is 13.0 Å². The first-order valence-corrected chi connectivity index (χ1v) is 6.26. The molecule has 0 aliphatic heterocycles. The van der Waals surface area contributed by atoms with Crippen LogP contribution in [0, 0.1) is 0 Å². The van der Waals surface area contributed by atoms with Crippen molar-refractivity contribution in [3.63, 3.8) is 0 Å². The number of benzene rings is 2. The van der Waals surface area contributed by atoms with Crippen LogP contribution in [0.25, 0.3) is 0 Å². The fourth-order valence-corrected chi connectivity index (χ4v) is 1.86. The van der Waals surface area contributed by atoms with Gasteiger partial charge in [0.2, 0.25) is 0 Å². The van der Waals surface area contributed by atoms with Crippen LogP contribution in [0.4, 0.5) is 0 Å². The highest BCUT2D eigenvalue weighted by Crippen LogP contribution is 2.21. The molecule has 0 radical (unpaired) electrons. The molecule has 2 nitrogen and oxygen atoms in total. The molecule has 18 heavy (non-hydrogen) atoms. The molecule has 2 rings (SSSR count). The average Bonchev–Trinajstić information content (AvgIpc) is 2.46. The zero-order chi connectivity index (χ0) is 12.8. The first-order chi connectivity index (χ1) is 8.83. The Balaban J connectivity index is 2.02. The SMILES string of the molecule is COc1ccc(COc2ccccc2CCl)cc1. The summed E-state index contributed by atoms with van der Waals surface area (Å²) < 4.78 is 10.9. The summed E-state index contributed by atoms with van der Waals surface area (Å²) >= 11 is 5.86. The zero-order valence-corrected chi connectivity index (χ0v) is 11.0.